The molecule has 6 nitrogen and oxygen atoms in total. The average molecular weight is 412 g/mol. The second-order valence-corrected chi connectivity index (χ2v) is 7.07. The second kappa shape index (κ2) is 7.46. The van der Waals surface area contributed by atoms with Gasteiger partial charge in [-0.3, -0.25) is 14.2 Å². The lowest BCUT2D eigenvalue weighted by molar-refractivity contribution is 0.102. The van der Waals surface area contributed by atoms with Crippen molar-refractivity contribution in [3.8, 4) is 11.4 Å². The Labute approximate surface area is 176 Å². The number of aromatic nitrogens is 3. The normalized spacial score (nSPS) is 11.0. The highest BCUT2D eigenvalue weighted by Crippen LogP contribution is 2.20. The molecule has 0 radical (unpaired) electrons. The van der Waals surface area contributed by atoms with E-state index in [1.54, 1.807) is 12.1 Å². The first kappa shape index (κ1) is 18.6. The van der Waals surface area contributed by atoms with E-state index in [1.165, 1.54) is 34.9 Å². The van der Waals surface area contributed by atoms with Crippen molar-refractivity contribution in [3.63, 3.8) is 0 Å². The Hall–Kier alpha value is -4.39. The molecule has 0 fully saturated rings. The van der Waals surface area contributed by atoms with Gasteiger partial charge in [-0.25, -0.2) is 4.39 Å². The summed E-state index contributed by atoms with van der Waals surface area (Å²) in [5, 5.41) is 3.57. The fraction of sp³-hybridized carbons (Fsp3) is 0. The van der Waals surface area contributed by atoms with E-state index in [0.29, 0.717) is 28.1 Å². The highest BCUT2D eigenvalue weighted by molar-refractivity contribution is 6.05. The molecule has 2 aromatic carbocycles. The predicted octanol–water partition coefficient (Wildman–Crippen LogP) is 4.50. The lowest BCUT2D eigenvalue weighted by Gasteiger charge is -2.08. The molecule has 0 saturated heterocycles. The number of H-pyrrole nitrogens is 1. The van der Waals surface area contributed by atoms with Gasteiger partial charge in [-0.05, 0) is 66.7 Å². The number of aromatic amines is 1. The van der Waals surface area contributed by atoms with Crippen LogP contribution in [0.2, 0.25) is 0 Å². The van der Waals surface area contributed by atoms with Gasteiger partial charge in [0.05, 0.1) is 5.69 Å². The first-order valence-corrected chi connectivity index (χ1v) is 9.64. The Bertz CT molecular complexity index is 1450. The van der Waals surface area contributed by atoms with Gasteiger partial charge in [-0.15, -0.1) is 0 Å². The molecule has 0 saturated carbocycles. The van der Waals surface area contributed by atoms with E-state index in [1.807, 2.05) is 53.4 Å². The number of rotatable bonds is 4. The molecule has 0 bridgehead atoms. The monoisotopic (exact) mass is 412 g/mol. The molecule has 0 aliphatic carbocycles. The van der Waals surface area contributed by atoms with Crippen molar-refractivity contribution >= 4 is 22.6 Å². The minimum Gasteiger partial charge on any atom is -0.336 e. The highest BCUT2D eigenvalue weighted by atomic mass is 19.1. The van der Waals surface area contributed by atoms with Crippen LogP contribution in [0.5, 0.6) is 0 Å². The smallest absolute Gasteiger partial charge is 0.272 e. The average Bonchev–Trinajstić information content (AvgIpc) is 3.45. The van der Waals surface area contributed by atoms with Gasteiger partial charge in [0.25, 0.3) is 11.5 Å². The van der Waals surface area contributed by atoms with Crippen molar-refractivity contribution in [1.29, 1.82) is 0 Å². The predicted molar refractivity (Wildman–Crippen MR) is 118 cm³/mol. The number of nitrogens with one attached hydrogen (secondary N) is 2. The molecule has 152 valence electrons. The quantitative estimate of drug-likeness (QED) is 0.456. The zero-order chi connectivity index (χ0) is 21.4. The molecule has 0 aliphatic heterocycles. The topological polar surface area (TPSA) is 71.8 Å². The van der Waals surface area contributed by atoms with E-state index in [2.05, 4.69) is 10.3 Å². The molecule has 5 aromatic rings. The molecule has 3 heterocycles. The van der Waals surface area contributed by atoms with Gasteiger partial charge in [-0.1, -0.05) is 6.07 Å². The lowest BCUT2D eigenvalue weighted by atomic mass is 10.2. The van der Waals surface area contributed by atoms with Gasteiger partial charge in [0, 0.05) is 35.2 Å². The number of fused-ring (bicyclic) bond motifs is 1. The van der Waals surface area contributed by atoms with Crippen molar-refractivity contribution in [3.05, 3.63) is 113 Å². The minimum atomic E-state index is -0.391. The molecule has 0 atom stereocenters. The van der Waals surface area contributed by atoms with Crippen molar-refractivity contribution in [2.24, 2.45) is 0 Å². The van der Waals surface area contributed by atoms with Crippen LogP contribution in [0, 0.1) is 5.82 Å². The Balaban J connectivity index is 1.49. The Kier molecular flexibility index (Phi) is 4.48. The number of nitrogens with zero attached hydrogens (tertiary/aromatic N) is 2. The van der Waals surface area contributed by atoms with Gasteiger partial charge in [0.1, 0.15) is 17.2 Å². The summed E-state index contributed by atoms with van der Waals surface area (Å²) in [6.45, 7) is 0. The van der Waals surface area contributed by atoms with Crippen LogP contribution in [0.15, 0.2) is 96.1 Å². The van der Waals surface area contributed by atoms with Crippen LogP contribution in [0.4, 0.5) is 10.1 Å². The number of pyridine rings is 1. The maximum absolute atomic E-state index is 13.3. The summed E-state index contributed by atoms with van der Waals surface area (Å²) in [7, 11) is 0. The maximum atomic E-state index is 13.3. The third kappa shape index (κ3) is 3.53. The highest BCUT2D eigenvalue weighted by Gasteiger charge is 2.14. The first-order chi connectivity index (χ1) is 15.1. The van der Waals surface area contributed by atoms with Crippen molar-refractivity contribution < 1.29 is 9.18 Å². The van der Waals surface area contributed by atoms with Crippen molar-refractivity contribution in [1.82, 2.24) is 14.1 Å². The van der Waals surface area contributed by atoms with Crippen LogP contribution >= 0.6 is 0 Å². The van der Waals surface area contributed by atoms with E-state index < -0.39 is 5.82 Å². The van der Waals surface area contributed by atoms with Crippen LogP contribution in [-0.4, -0.2) is 20.0 Å². The van der Waals surface area contributed by atoms with Gasteiger partial charge < -0.3 is 14.9 Å². The fourth-order valence-corrected chi connectivity index (χ4v) is 3.54. The largest absolute Gasteiger partial charge is 0.336 e. The standard InChI is InChI=1S/C24H17FN4O2/c25-17-7-9-19(10-8-17)29-22(30)11-6-16-14-21(27-23(16)29)24(31)26-18-4-3-5-20(15-18)28-12-1-2-13-28/h1-15,27H,(H,26,31). The molecule has 2 N–H and O–H groups in total. The fourth-order valence-electron chi connectivity index (χ4n) is 3.54. The van der Waals surface area contributed by atoms with Crippen LogP contribution in [0.3, 0.4) is 0 Å². The molecule has 31 heavy (non-hydrogen) atoms. The third-order valence-electron chi connectivity index (χ3n) is 5.01. The van der Waals surface area contributed by atoms with Gasteiger partial charge >= 0.3 is 0 Å². The van der Waals surface area contributed by atoms with Gasteiger partial charge in [-0.2, -0.15) is 0 Å². The van der Waals surface area contributed by atoms with E-state index in [9.17, 15) is 14.0 Å². The van der Waals surface area contributed by atoms with E-state index in [4.69, 9.17) is 0 Å². The first-order valence-electron chi connectivity index (χ1n) is 9.64. The lowest BCUT2D eigenvalue weighted by Crippen LogP contribution is -2.17. The molecular formula is C24H17FN4O2. The number of halogens is 1. The number of hydrogen-bond acceptors (Lipinski definition) is 2. The summed E-state index contributed by atoms with van der Waals surface area (Å²) in [5.74, 6) is -0.725. The van der Waals surface area contributed by atoms with E-state index in [-0.39, 0.29) is 11.5 Å². The van der Waals surface area contributed by atoms with Gasteiger partial charge in [0.15, 0.2) is 0 Å². The minimum absolute atomic E-state index is 0.285. The number of amides is 1. The summed E-state index contributed by atoms with van der Waals surface area (Å²) in [6.07, 6.45) is 3.85. The van der Waals surface area contributed by atoms with E-state index >= 15 is 0 Å². The molecule has 5 rings (SSSR count). The number of hydrogen-bond donors (Lipinski definition) is 2. The maximum Gasteiger partial charge on any atom is 0.272 e. The van der Waals surface area contributed by atoms with E-state index in [0.717, 1.165) is 5.69 Å². The van der Waals surface area contributed by atoms with Crippen molar-refractivity contribution in [2.45, 2.75) is 0 Å². The molecule has 0 spiro atoms. The number of benzene rings is 2. The molecule has 7 heteroatoms. The number of anilines is 1. The molecule has 3 aromatic heterocycles. The Morgan fingerprint density at radius 2 is 1.65 bits per heavy atom. The van der Waals surface area contributed by atoms with Crippen LogP contribution in [0.1, 0.15) is 10.5 Å². The third-order valence-corrected chi connectivity index (χ3v) is 5.01. The summed E-state index contributed by atoms with van der Waals surface area (Å²) >= 11 is 0. The van der Waals surface area contributed by atoms with Crippen LogP contribution < -0.4 is 10.9 Å². The number of carbonyl (C=O) groups excluding carboxylic acids is 1. The Morgan fingerprint density at radius 3 is 2.42 bits per heavy atom. The summed E-state index contributed by atoms with van der Waals surface area (Å²) in [4.78, 5) is 28.4. The molecule has 0 unspecified atom stereocenters. The van der Waals surface area contributed by atoms with Crippen molar-refractivity contribution in [2.75, 3.05) is 5.32 Å². The SMILES string of the molecule is O=C(Nc1cccc(-n2cccc2)c1)c1cc2ccc(=O)n(-c3ccc(F)cc3)c2[nH]1. The molecule has 0 aliphatic rings. The number of carbonyl (C=O) groups is 1. The molecular weight excluding hydrogens is 395 g/mol. The van der Waals surface area contributed by atoms with Crippen LogP contribution in [-0.2, 0) is 0 Å². The summed E-state index contributed by atoms with van der Waals surface area (Å²) in [6, 6.07) is 21.7. The summed E-state index contributed by atoms with van der Waals surface area (Å²) < 4.78 is 16.7. The van der Waals surface area contributed by atoms with Gasteiger partial charge in [0.2, 0.25) is 0 Å². The zero-order valence-electron chi connectivity index (χ0n) is 16.2. The summed E-state index contributed by atoms with van der Waals surface area (Å²) in [5.41, 5.74) is 2.56. The van der Waals surface area contributed by atoms with Crippen LogP contribution in [0.25, 0.3) is 22.4 Å². The molecule has 1 amide bonds. The zero-order valence-corrected chi connectivity index (χ0v) is 16.2. The Morgan fingerprint density at radius 1 is 0.871 bits per heavy atom. The second-order valence-electron chi connectivity index (χ2n) is 7.07.